The normalized spacial score (nSPS) is 22.1. The molecule has 0 aliphatic carbocycles. The number of nitrogens with two attached hydrogens (primary N) is 1. The van der Waals surface area contributed by atoms with E-state index in [-0.39, 0.29) is 10.0 Å². The standard InChI is InChI=1S/C20H25N7O2S.3H2/c1-3-30(28,29)27-10-13-8-26(9-14(13)11-27)17-7-22-19(21)18(25-17)20-23-15-5-4-12(2)6-16(15)24-20;;;/h4-7,13-14H,3,8-11H2,1-2H3,(H2,21,22)(H,23,24);3*1H. The summed E-state index contributed by atoms with van der Waals surface area (Å²) in [4.78, 5) is 19.2. The van der Waals surface area contributed by atoms with Crippen molar-refractivity contribution in [2.45, 2.75) is 13.8 Å². The van der Waals surface area contributed by atoms with Crippen LogP contribution in [0.15, 0.2) is 24.4 Å². The number of rotatable bonds is 4. The van der Waals surface area contributed by atoms with Crippen LogP contribution in [0.25, 0.3) is 22.6 Å². The first-order valence-electron chi connectivity index (χ1n) is 10.2. The summed E-state index contributed by atoms with van der Waals surface area (Å²) in [6.07, 6.45) is 1.69. The average Bonchev–Trinajstić information content (AvgIpc) is 3.40. The molecule has 2 atom stereocenters. The number of sulfonamides is 1. The Bertz CT molecular complexity index is 1220. The van der Waals surface area contributed by atoms with Crippen LogP contribution in [0.1, 0.15) is 16.8 Å². The maximum absolute atomic E-state index is 12.2. The Kier molecular flexibility index (Phi) is 4.44. The zero-order valence-electron chi connectivity index (χ0n) is 17.0. The lowest BCUT2D eigenvalue weighted by Gasteiger charge is -2.22. The maximum Gasteiger partial charge on any atom is 0.213 e. The van der Waals surface area contributed by atoms with Gasteiger partial charge in [0.25, 0.3) is 0 Å². The third-order valence-electron chi connectivity index (χ3n) is 6.18. The fraction of sp³-hybridized carbons (Fsp3) is 0.450. The van der Waals surface area contributed by atoms with E-state index in [4.69, 9.17) is 10.7 Å². The van der Waals surface area contributed by atoms with E-state index in [1.165, 1.54) is 0 Å². The minimum absolute atomic E-state index is 0. The fourth-order valence-corrected chi connectivity index (χ4v) is 5.70. The molecule has 30 heavy (non-hydrogen) atoms. The Morgan fingerprint density at radius 3 is 2.63 bits per heavy atom. The van der Waals surface area contributed by atoms with Crippen LogP contribution >= 0.6 is 0 Å². The smallest absolute Gasteiger partial charge is 0.213 e. The topological polar surface area (TPSA) is 121 Å². The lowest BCUT2D eigenvalue weighted by Crippen LogP contribution is -2.34. The van der Waals surface area contributed by atoms with Gasteiger partial charge in [0.1, 0.15) is 5.82 Å². The molecule has 164 valence electrons. The molecule has 0 spiro atoms. The van der Waals surface area contributed by atoms with Gasteiger partial charge in [0, 0.05) is 30.5 Å². The zero-order valence-corrected chi connectivity index (χ0v) is 17.9. The summed E-state index contributed by atoms with van der Waals surface area (Å²) in [6, 6.07) is 6.02. The van der Waals surface area contributed by atoms with Crippen molar-refractivity contribution in [3.05, 3.63) is 30.0 Å². The van der Waals surface area contributed by atoms with Crippen LogP contribution in [-0.4, -0.2) is 64.6 Å². The number of aromatic amines is 1. The fourth-order valence-electron chi connectivity index (χ4n) is 4.50. The number of nitrogen functional groups attached to an aromatic ring is 1. The van der Waals surface area contributed by atoms with Gasteiger partial charge in [-0.05, 0) is 43.4 Å². The van der Waals surface area contributed by atoms with Crippen molar-refractivity contribution in [2.24, 2.45) is 11.8 Å². The summed E-state index contributed by atoms with van der Waals surface area (Å²) < 4.78 is 26.0. The Morgan fingerprint density at radius 1 is 1.20 bits per heavy atom. The number of H-pyrrole nitrogens is 1. The van der Waals surface area contributed by atoms with Crippen LogP contribution in [0.4, 0.5) is 11.6 Å². The number of anilines is 2. The molecule has 2 saturated heterocycles. The molecule has 0 amide bonds. The third-order valence-corrected chi connectivity index (χ3v) is 8.00. The lowest BCUT2D eigenvalue weighted by atomic mass is 10.0. The average molecular weight is 434 g/mol. The molecule has 2 fully saturated rings. The van der Waals surface area contributed by atoms with Gasteiger partial charge in [-0.3, -0.25) is 0 Å². The summed E-state index contributed by atoms with van der Waals surface area (Å²) in [6.45, 7) is 6.41. The highest BCUT2D eigenvalue weighted by molar-refractivity contribution is 7.89. The second-order valence-corrected chi connectivity index (χ2v) is 10.5. The van der Waals surface area contributed by atoms with Crippen molar-refractivity contribution in [2.75, 3.05) is 42.6 Å². The van der Waals surface area contributed by atoms with Crippen molar-refractivity contribution in [1.29, 1.82) is 0 Å². The van der Waals surface area contributed by atoms with Crippen molar-refractivity contribution in [1.82, 2.24) is 24.2 Å². The van der Waals surface area contributed by atoms with E-state index in [1.807, 2.05) is 25.1 Å². The Hall–Kier alpha value is -2.72. The Morgan fingerprint density at radius 2 is 1.93 bits per heavy atom. The number of fused-ring (bicyclic) bond motifs is 2. The first kappa shape index (κ1) is 19.3. The van der Waals surface area contributed by atoms with Gasteiger partial charge in [0.15, 0.2) is 17.3 Å². The molecule has 0 radical (unpaired) electrons. The molecule has 2 aromatic heterocycles. The zero-order chi connectivity index (χ0) is 21.0. The van der Waals surface area contributed by atoms with Gasteiger partial charge >= 0.3 is 0 Å². The second kappa shape index (κ2) is 6.92. The minimum Gasteiger partial charge on any atom is -0.382 e. The lowest BCUT2D eigenvalue weighted by molar-refractivity contribution is 0.454. The van der Waals surface area contributed by atoms with Crippen LogP contribution < -0.4 is 10.6 Å². The number of nitrogens with zero attached hydrogens (tertiary/aromatic N) is 5. The summed E-state index contributed by atoms with van der Waals surface area (Å²) in [5.41, 5.74) is 9.59. The molecule has 2 aliphatic heterocycles. The molecule has 2 unspecified atom stereocenters. The predicted octanol–water partition coefficient (Wildman–Crippen LogP) is 2.37. The van der Waals surface area contributed by atoms with Crippen LogP contribution in [0.5, 0.6) is 0 Å². The molecule has 5 rings (SSSR count). The maximum atomic E-state index is 12.2. The van der Waals surface area contributed by atoms with Crippen molar-refractivity contribution < 1.29 is 12.7 Å². The molecular formula is C20H31N7O2S. The summed E-state index contributed by atoms with van der Waals surface area (Å²) >= 11 is 0. The molecule has 4 heterocycles. The van der Waals surface area contributed by atoms with Gasteiger partial charge in [-0.25, -0.2) is 27.7 Å². The number of nitrogens with one attached hydrogen (secondary N) is 1. The van der Waals surface area contributed by atoms with Gasteiger partial charge in [-0.2, -0.15) is 0 Å². The molecule has 10 heteroatoms. The largest absolute Gasteiger partial charge is 0.382 e. The SMILES string of the molecule is CCS(=O)(=O)N1CC2CN(c3cnc(N)c(-c4nc5ccc(C)cc5[nH]4)n3)CC2C1.[HH].[HH].[HH]. The van der Waals surface area contributed by atoms with E-state index >= 15 is 0 Å². The molecular weight excluding hydrogens is 402 g/mol. The monoisotopic (exact) mass is 433 g/mol. The van der Waals surface area contributed by atoms with Gasteiger partial charge in [0.2, 0.25) is 10.0 Å². The molecule has 0 saturated carbocycles. The van der Waals surface area contributed by atoms with Crippen LogP contribution in [0, 0.1) is 18.8 Å². The predicted molar refractivity (Wildman–Crippen MR) is 123 cm³/mol. The van der Waals surface area contributed by atoms with Gasteiger partial charge < -0.3 is 15.6 Å². The van der Waals surface area contributed by atoms with E-state index in [0.717, 1.165) is 35.5 Å². The summed E-state index contributed by atoms with van der Waals surface area (Å²) in [5, 5.41) is 0. The number of benzene rings is 1. The van der Waals surface area contributed by atoms with Crippen molar-refractivity contribution in [3.8, 4) is 11.5 Å². The Labute approximate surface area is 179 Å². The molecule has 3 aromatic rings. The number of hydrogen-bond acceptors (Lipinski definition) is 7. The molecule has 2 aliphatic rings. The number of aryl methyl sites for hydroxylation is 1. The first-order chi connectivity index (χ1) is 14.3. The van der Waals surface area contributed by atoms with E-state index in [0.29, 0.717) is 42.3 Å². The molecule has 9 nitrogen and oxygen atoms in total. The van der Waals surface area contributed by atoms with Crippen molar-refractivity contribution >= 4 is 32.7 Å². The third kappa shape index (κ3) is 3.20. The van der Waals surface area contributed by atoms with E-state index in [2.05, 4.69) is 19.9 Å². The summed E-state index contributed by atoms with van der Waals surface area (Å²) in [7, 11) is -3.13. The highest BCUT2D eigenvalue weighted by Gasteiger charge is 2.43. The molecule has 3 N–H and O–H groups in total. The number of imidazole rings is 1. The van der Waals surface area contributed by atoms with Crippen LogP contribution in [0.2, 0.25) is 0 Å². The second-order valence-electron chi connectivity index (χ2n) is 8.21. The number of aromatic nitrogens is 4. The summed E-state index contributed by atoms with van der Waals surface area (Å²) in [5.74, 6) is 2.44. The van der Waals surface area contributed by atoms with Gasteiger partial charge in [-0.1, -0.05) is 6.07 Å². The highest BCUT2D eigenvalue weighted by atomic mass is 32.2. The van der Waals surface area contributed by atoms with Crippen LogP contribution in [-0.2, 0) is 10.0 Å². The molecule has 1 aromatic carbocycles. The molecule has 0 bridgehead atoms. The van der Waals surface area contributed by atoms with Gasteiger partial charge in [0.05, 0.1) is 23.0 Å². The van der Waals surface area contributed by atoms with Crippen LogP contribution in [0.3, 0.4) is 0 Å². The highest BCUT2D eigenvalue weighted by Crippen LogP contribution is 2.35. The minimum atomic E-state index is -3.13. The van der Waals surface area contributed by atoms with Gasteiger partial charge in [-0.15, -0.1) is 0 Å². The van der Waals surface area contributed by atoms with E-state index in [9.17, 15) is 8.42 Å². The Balaban J connectivity index is 0.00000128. The quantitative estimate of drug-likeness (QED) is 0.648. The van der Waals surface area contributed by atoms with E-state index < -0.39 is 10.0 Å². The van der Waals surface area contributed by atoms with Crippen molar-refractivity contribution in [3.63, 3.8) is 0 Å². The number of hydrogen-bond donors (Lipinski definition) is 2. The van der Waals surface area contributed by atoms with E-state index in [1.54, 1.807) is 17.4 Å². The first-order valence-corrected chi connectivity index (χ1v) is 11.8.